The van der Waals surface area contributed by atoms with Crippen LogP contribution in [0.25, 0.3) is 0 Å². The largest absolute Gasteiger partial charge is 0.447 e. The molecule has 0 spiro atoms. The summed E-state index contributed by atoms with van der Waals surface area (Å²) in [7, 11) is 0. The topological polar surface area (TPSA) is 72.9 Å². The molecular weight excluding hydrogens is 322 g/mol. The van der Waals surface area contributed by atoms with Gasteiger partial charge in [-0.1, -0.05) is 60.7 Å². The van der Waals surface area contributed by atoms with Gasteiger partial charge in [0.1, 0.15) is 12.6 Å². The second-order valence-electron chi connectivity index (χ2n) is 5.61. The maximum absolute atomic E-state index is 13.0. The molecule has 0 aromatic heterocycles. The number of benzene rings is 2. The highest BCUT2D eigenvalue weighted by Crippen LogP contribution is 2.32. The summed E-state index contributed by atoms with van der Waals surface area (Å²) in [4.78, 5) is 37.7. The second-order valence-corrected chi connectivity index (χ2v) is 5.61. The van der Waals surface area contributed by atoms with Crippen LogP contribution in [-0.2, 0) is 19.1 Å². The maximum Gasteiger partial charge on any atom is 0.417 e. The zero-order valence-electron chi connectivity index (χ0n) is 13.6. The lowest BCUT2D eigenvalue weighted by Crippen LogP contribution is -2.39. The maximum atomic E-state index is 13.0. The van der Waals surface area contributed by atoms with Crippen molar-refractivity contribution >= 4 is 18.0 Å². The van der Waals surface area contributed by atoms with Crippen LogP contribution in [0.15, 0.2) is 60.7 Å². The van der Waals surface area contributed by atoms with Gasteiger partial charge in [0.2, 0.25) is 6.10 Å². The Hall–Kier alpha value is -3.15. The highest BCUT2D eigenvalue weighted by atomic mass is 16.6. The molecule has 0 radical (unpaired) electrons. The molecule has 6 heteroatoms. The SMILES string of the molecule is CC(=O)O[C@@H](C(=O)N1C(=O)OC[C@H]1c1ccccc1)c1ccccc1. The Morgan fingerprint density at radius 2 is 1.68 bits per heavy atom. The zero-order chi connectivity index (χ0) is 17.8. The molecule has 0 N–H and O–H groups in total. The molecule has 6 nitrogen and oxygen atoms in total. The van der Waals surface area contributed by atoms with E-state index >= 15 is 0 Å². The quantitative estimate of drug-likeness (QED) is 0.801. The molecule has 3 rings (SSSR count). The van der Waals surface area contributed by atoms with Crippen molar-refractivity contribution in [2.24, 2.45) is 0 Å². The number of hydrogen-bond acceptors (Lipinski definition) is 5. The summed E-state index contributed by atoms with van der Waals surface area (Å²) in [6.07, 6.45) is -1.94. The van der Waals surface area contributed by atoms with Crippen molar-refractivity contribution in [2.75, 3.05) is 6.61 Å². The first-order valence-corrected chi connectivity index (χ1v) is 7.85. The number of nitrogens with zero attached hydrogens (tertiary/aromatic N) is 1. The highest BCUT2D eigenvalue weighted by Gasteiger charge is 2.43. The minimum Gasteiger partial charge on any atom is -0.447 e. The lowest BCUT2D eigenvalue weighted by Gasteiger charge is -2.25. The Bertz CT molecular complexity index is 775. The molecule has 2 aromatic carbocycles. The number of rotatable bonds is 4. The molecule has 1 fully saturated rings. The van der Waals surface area contributed by atoms with Crippen molar-refractivity contribution in [3.8, 4) is 0 Å². The standard InChI is InChI=1S/C19H17NO5/c1-13(21)25-17(15-10-6-3-7-11-15)18(22)20-16(12-24-19(20)23)14-8-4-2-5-9-14/h2-11,16-17H,12H2,1H3/t16-,17+/m0/s1. The van der Waals surface area contributed by atoms with E-state index in [0.29, 0.717) is 5.56 Å². The van der Waals surface area contributed by atoms with Gasteiger partial charge in [0.15, 0.2) is 0 Å². The van der Waals surface area contributed by atoms with Gasteiger partial charge < -0.3 is 9.47 Å². The molecular formula is C19H17NO5. The van der Waals surface area contributed by atoms with Crippen LogP contribution < -0.4 is 0 Å². The number of cyclic esters (lactones) is 1. The minimum atomic E-state index is -1.20. The van der Waals surface area contributed by atoms with Crippen LogP contribution in [0.4, 0.5) is 4.79 Å². The Balaban J connectivity index is 1.94. The van der Waals surface area contributed by atoms with Crippen LogP contribution in [0.2, 0.25) is 0 Å². The van der Waals surface area contributed by atoms with Gasteiger partial charge in [-0.15, -0.1) is 0 Å². The summed E-state index contributed by atoms with van der Waals surface area (Å²) in [5.74, 6) is -1.23. The number of carbonyl (C=O) groups is 3. The fraction of sp³-hybridized carbons (Fsp3) is 0.211. The van der Waals surface area contributed by atoms with E-state index < -0.39 is 30.1 Å². The van der Waals surface area contributed by atoms with Crippen molar-refractivity contribution in [1.82, 2.24) is 4.90 Å². The van der Waals surface area contributed by atoms with Crippen molar-refractivity contribution in [1.29, 1.82) is 0 Å². The van der Waals surface area contributed by atoms with Gasteiger partial charge >= 0.3 is 12.1 Å². The molecule has 0 saturated carbocycles. The fourth-order valence-electron chi connectivity index (χ4n) is 2.77. The van der Waals surface area contributed by atoms with Gasteiger partial charge in [0, 0.05) is 12.5 Å². The molecule has 2 amide bonds. The molecule has 128 valence electrons. The monoisotopic (exact) mass is 339 g/mol. The lowest BCUT2D eigenvalue weighted by molar-refractivity contribution is -0.158. The lowest BCUT2D eigenvalue weighted by atomic mass is 10.0. The molecule has 0 bridgehead atoms. The molecule has 0 aliphatic carbocycles. The van der Waals surface area contributed by atoms with Gasteiger partial charge in [0.05, 0.1) is 0 Å². The van der Waals surface area contributed by atoms with E-state index in [4.69, 9.17) is 9.47 Å². The summed E-state index contributed by atoms with van der Waals surface area (Å²) in [6.45, 7) is 1.29. The molecule has 2 aromatic rings. The number of hydrogen-bond donors (Lipinski definition) is 0. The van der Waals surface area contributed by atoms with Crippen LogP contribution in [0, 0.1) is 0 Å². The average molecular weight is 339 g/mol. The predicted octanol–water partition coefficient (Wildman–Crippen LogP) is 3.01. The molecule has 0 unspecified atom stereocenters. The Morgan fingerprint density at radius 3 is 2.28 bits per heavy atom. The second kappa shape index (κ2) is 7.17. The van der Waals surface area contributed by atoms with E-state index in [0.717, 1.165) is 10.5 Å². The third-order valence-electron chi connectivity index (χ3n) is 3.91. The molecule has 25 heavy (non-hydrogen) atoms. The molecule has 1 aliphatic rings. The fourth-order valence-corrected chi connectivity index (χ4v) is 2.77. The van der Waals surface area contributed by atoms with Crippen molar-refractivity contribution in [2.45, 2.75) is 19.1 Å². The van der Waals surface area contributed by atoms with E-state index in [9.17, 15) is 14.4 Å². The van der Waals surface area contributed by atoms with E-state index in [1.807, 2.05) is 30.3 Å². The van der Waals surface area contributed by atoms with Gasteiger partial charge in [-0.25, -0.2) is 9.69 Å². The summed E-state index contributed by atoms with van der Waals surface area (Å²) in [6, 6.07) is 17.2. The summed E-state index contributed by atoms with van der Waals surface area (Å²) < 4.78 is 10.3. The normalized spacial score (nSPS) is 17.7. The van der Waals surface area contributed by atoms with Crippen molar-refractivity contribution in [3.63, 3.8) is 0 Å². The van der Waals surface area contributed by atoms with Crippen molar-refractivity contribution in [3.05, 3.63) is 71.8 Å². The first-order chi connectivity index (χ1) is 12.1. The van der Waals surface area contributed by atoms with Crippen LogP contribution in [0.1, 0.15) is 30.2 Å². The first-order valence-electron chi connectivity index (χ1n) is 7.85. The van der Waals surface area contributed by atoms with Gasteiger partial charge in [-0.2, -0.15) is 0 Å². The summed E-state index contributed by atoms with van der Waals surface area (Å²) >= 11 is 0. The third kappa shape index (κ3) is 3.52. The number of imide groups is 1. The van der Waals surface area contributed by atoms with E-state index in [2.05, 4.69) is 0 Å². The number of carbonyl (C=O) groups excluding carboxylic acids is 3. The average Bonchev–Trinajstić information content (AvgIpc) is 3.02. The van der Waals surface area contributed by atoms with Crippen LogP contribution in [-0.4, -0.2) is 29.5 Å². The first kappa shape index (κ1) is 16.7. The molecule has 1 aliphatic heterocycles. The summed E-state index contributed by atoms with van der Waals surface area (Å²) in [5.41, 5.74) is 1.27. The Labute approximate surface area is 145 Å². The van der Waals surface area contributed by atoms with Crippen molar-refractivity contribution < 1.29 is 23.9 Å². The molecule has 1 heterocycles. The van der Waals surface area contributed by atoms with Gasteiger partial charge in [-0.3, -0.25) is 9.59 Å². The predicted molar refractivity (Wildman–Crippen MR) is 88.3 cm³/mol. The Kier molecular flexibility index (Phi) is 4.79. The molecule has 2 atom stereocenters. The van der Waals surface area contributed by atoms with Gasteiger partial charge in [0.25, 0.3) is 5.91 Å². The minimum absolute atomic E-state index is 0.0656. The zero-order valence-corrected chi connectivity index (χ0v) is 13.6. The van der Waals surface area contributed by atoms with Gasteiger partial charge in [-0.05, 0) is 5.56 Å². The van der Waals surface area contributed by atoms with Crippen LogP contribution in [0.3, 0.4) is 0 Å². The smallest absolute Gasteiger partial charge is 0.417 e. The number of esters is 1. The van der Waals surface area contributed by atoms with E-state index in [-0.39, 0.29) is 6.61 Å². The third-order valence-corrected chi connectivity index (χ3v) is 3.91. The van der Waals surface area contributed by atoms with E-state index in [1.54, 1.807) is 30.3 Å². The van der Waals surface area contributed by atoms with Crippen LogP contribution >= 0.6 is 0 Å². The highest BCUT2D eigenvalue weighted by molar-refractivity contribution is 5.97. The number of ether oxygens (including phenoxy) is 2. The summed E-state index contributed by atoms with van der Waals surface area (Å²) in [5, 5.41) is 0. The van der Waals surface area contributed by atoms with E-state index in [1.165, 1.54) is 6.92 Å². The molecule has 1 saturated heterocycles. The Morgan fingerprint density at radius 1 is 1.08 bits per heavy atom. The van der Waals surface area contributed by atoms with Crippen LogP contribution in [0.5, 0.6) is 0 Å². The number of amides is 2.